The fourth-order valence-electron chi connectivity index (χ4n) is 2.19. The fraction of sp³-hybridized carbons (Fsp3) is 0.533. The number of rotatable bonds is 3. The standard InChI is InChI=1S/C15H21ClN2O/c1-10(16)14-17-12-7-6-11(19-5)8-13(12)18(14)9-15(2,3)4/h6-8,10H,9H2,1-5H3. The highest BCUT2D eigenvalue weighted by Gasteiger charge is 2.20. The number of methoxy groups -OCH3 is 1. The summed E-state index contributed by atoms with van der Waals surface area (Å²) in [7, 11) is 1.68. The molecule has 0 amide bonds. The molecule has 2 aromatic rings. The van der Waals surface area contributed by atoms with Crippen LogP contribution in [0.3, 0.4) is 0 Å². The summed E-state index contributed by atoms with van der Waals surface area (Å²) in [5.41, 5.74) is 2.21. The molecule has 0 saturated heterocycles. The monoisotopic (exact) mass is 280 g/mol. The van der Waals surface area contributed by atoms with Crippen LogP contribution in [0.15, 0.2) is 18.2 Å². The Hall–Kier alpha value is -1.22. The minimum atomic E-state index is -0.110. The SMILES string of the molecule is COc1ccc2nc(C(C)Cl)n(CC(C)(C)C)c2c1. The Kier molecular flexibility index (Phi) is 3.77. The lowest BCUT2D eigenvalue weighted by Crippen LogP contribution is -2.17. The van der Waals surface area contributed by atoms with E-state index < -0.39 is 0 Å². The number of halogens is 1. The number of imidazole rings is 1. The van der Waals surface area contributed by atoms with Gasteiger partial charge in [-0.1, -0.05) is 20.8 Å². The molecule has 0 bridgehead atoms. The summed E-state index contributed by atoms with van der Waals surface area (Å²) < 4.78 is 7.51. The number of benzene rings is 1. The van der Waals surface area contributed by atoms with Crippen molar-refractivity contribution in [3.8, 4) is 5.75 Å². The van der Waals surface area contributed by atoms with Gasteiger partial charge in [0.2, 0.25) is 0 Å². The molecule has 0 saturated carbocycles. The first-order valence-electron chi connectivity index (χ1n) is 6.50. The van der Waals surface area contributed by atoms with Crippen LogP contribution in [0.5, 0.6) is 5.75 Å². The summed E-state index contributed by atoms with van der Waals surface area (Å²) in [4.78, 5) is 4.65. The van der Waals surface area contributed by atoms with Crippen LogP contribution in [0.25, 0.3) is 11.0 Å². The Morgan fingerprint density at radius 3 is 2.58 bits per heavy atom. The first kappa shape index (κ1) is 14.2. The number of ether oxygens (including phenoxy) is 1. The zero-order chi connectivity index (χ0) is 14.2. The third-order valence-electron chi connectivity index (χ3n) is 2.97. The highest BCUT2D eigenvalue weighted by Crippen LogP contribution is 2.30. The molecule has 0 radical (unpaired) electrons. The van der Waals surface area contributed by atoms with Crippen LogP contribution in [-0.2, 0) is 6.54 Å². The minimum absolute atomic E-state index is 0.110. The fourth-order valence-corrected chi connectivity index (χ4v) is 2.36. The van der Waals surface area contributed by atoms with Gasteiger partial charge in [0, 0.05) is 12.6 Å². The first-order valence-corrected chi connectivity index (χ1v) is 6.94. The van der Waals surface area contributed by atoms with E-state index in [0.717, 1.165) is 29.2 Å². The van der Waals surface area contributed by atoms with E-state index in [2.05, 4.69) is 30.3 Å². The zero-order valence-electron chi connectivity index (χ0n) is 12.2. The first-order chi connectivity index (χ1) is 8.81. The highest BCUT2D eigenvalue weighted by molar-refractivity contribution is 6.20. The molecule has 1 unspecified atom stereocenters. The van der Waals surface area contributed by atoms with Gasteiger partial charge in [0.1, 0.15) is 11.6 Å². The summed E-state index contributed by atoms with van der Waals surface area (Å²) >= 11 is 6.27. The Labute approximate surface area is 119 Å². The average molecular weight is 281 g/mol. The number of alkyl halides is 1. The maximum Gasteiger partial charge on any atom is 0.127 e. The number of hydrogen-bond donors (Lipinski definition) is 0. The Bertz CT molecular complexity index is 582. The second kappa shape index (κ2) is 5.04. The Morgan fingerprint density at radius 2 is 2.05 bits per heavy atom. The van der Waals surface area contributed by atoms with E-state index in [1.54, 1.807) is 7.11 Å². The minimum Gasteiger partial charge on any atom is -0.497 e. The molecule has 0 N–H and O–H groups in total. The van der Waals surface area contributed by atoms with Crippen molar-refractivity contribution in [3.05, 3.63) is 24.0 Å². The van der Waals surface area contributed by atoms with Crippen LogP contribution in [-0.4, -0.2) is 16.7 Å². The van der Waals surface area contributed by atoms with Gasteiger partial charge in [-0.25, -0.2) is 4.98 Å². The van der Waals surface area contributed by atoms with E-state index in [-0.39, 0.29) is 10.8 Å². The van der Waals surface area contributed by atoms with Crippen LogP contribution in [0.4, 0.5) is 0 Å². The van der Waals surface area contributed by atoms with Gasteiger partial charge in [-0.05, 0) is 24.5 Å². The van der Waals surface area contributed by atoms with Crippen LogP contribution in [0, 0.1) is 5.41 Å². The zero-order valence-corrected chi connectivity index (χ0v) is 13.0. The lowest BCUT2D eigenvalue weighted by molar-refractivity contribution is 0.342. The van der Waals surface area contributed by atoms with Crippen molar-refractivity contribution < 1.29 is 4.74 Å². The van der Waals surface area contributed by atoms with Gasteiger partial charge < -0.3 is 9.30 Å². The molecule has 0 fully saturated rings. The lowest BCUT2D eigenvalue weighted by Gasteiger charge is -2.22. The van der Waals surface area contributed by atoms with Crippen molar-refractivity contribution in [2.24, 2.45) is 5.41 Å². The third kappa shape index (κ3) is 3.03. The molecule has 0 spiro atoms. The Morgan fingerprint density at radius 1 is 1.37 bits per heavy atom. The maximum atomic E-state index is 6.27. The maximum absolute atomic E-state index is 6.27. The van der Waals surface area contributed by atoms with E-state index in [4.69, 9.17) is 16.3 Å². The van der Waals surface area contributed by atoms with Crippen molar-refractivity contribution >= 4 is 22.6 Å². The predicted molar refractivity (Wildman–Crippen MR) is 80.0 cm³/mol. The van der Waals surface area contributed by atoms with Gasteiger partial charge in [-0.15, -0.1) is 11.6 Å². The van der Waals surface area contributed by atoms with E-state index in [9.17, 15) is 0 Å². The Balaban J connectivity index is 2.63. The second-order valence-electron chi connectivity index (χ2n) is 6.09. The molecular weight excluding hydrogens is 260 g/mol. The number of nitrogens with zero attached hydrogens (tertiary/aromatic N) is 2. The topological polar surface area (TPSA) is 27.1 Å². The summed E-state index contributed by atoms with van der Waals surface area (Å²) in [6.07, 6.45) is 0. The van der Waals surface area contributed by atoms with Crippen LogP contribution in [0.1, 0.15) is 38.9 Å². The van der Waals surface area contributed by atoms with Crippen LogP contribution >= 0.6 is 11.6 Å². The summed E-state index contributed by atoms with van der Waals surface area (Å²) in [6.45, 7) is 9.47. The van der Waals surface area contributed by atoms with Gasteiger partial charge in [0.15, 0.2) is 0 Å². The van der Waals surface area contributed by atoms with E-state index in [1.165, 1.54) is 0 Å². The second-order valence-corrected chi connectivity index (χ2v) is 6.74. The normalized spacial score (nSPS) is 13.8. The lowest BCUT2D eigenvalue weighted by atomic mass is 9.96. The molecule has 2 rings (SSSR count). The van der Waals surface area contributed by atoms with Crippen molar-refractivity contribution in [1.29, 1.82) is 0 Å². The molecule has 0 aliphatic rings. The quantitative estimate of drug-likeness (QED) is 0.780. The average Bonchev–Trinajstić information content (AvgIpc) is 2.65. The van der Waals surface area contributed by atoms with Crippen LogP contribution < -0.4 is 4.74 Å². The van der Waals surface area contributed by atoms with Crippen molar-refractivity contribution in [2.75, 3.05) is 7.11 Å². The predicted octanol–water partition coefficient (Wildman–Crippen LogP) is 4.39. The third-order valence-corrected chi connectivity index (χ3v) is 3.17. The molecule has 1 atom stereocenters. The van der Waals surface area contributed by atoms with Gasteiger partial charge in [0.25, 0.3) is 0 Å². The van der Waals surface area contributed by atoms with Crippen molar-refractivity contribution in [3.63, 3.8) is 0 Å². The van der Waals surface area contributed by atoms with Gasteiger partial charge in [-0.2, -0.15) is 0 Å². The molecule has 0 aliphatic carbocycles. The summed E-state index contributed by atoms with van der Waals surface area (Å²) in [5, 5.41) is -0.110. The van der Waals surface area contributed by atoms with Gasteiger partial charge in [-0.3, -0.25) is 0 Å². The van der Waals surface area contributed by atoms with Crippen molar-refractivity contribution in [1.82, 2.24) is 9.55 Å². The number of hydrogen-bond acceptors (Lipinski definition) is 2. The molecule has 3 nitrogen and oxygen atoms in total. The largest absolute Gasteiger partial charge is 0.497 e. The summed E-state index contributed by atoms with van der Waals surface area (Å²) in [6, 6.07) is 5.94. The molecule has 19 heavy (non-hydrogen) atoms. The molecule has 1 heterocycles. The highest BCUT2D eigenvalue weighted by atomic mass is 35.5. The van der Waals surface area contributed by atoms with E-state index in [0.29, 0.717) is 0 Å². The smallest absolute Gasteiger partial charge is 0.127 e. The van der Waals surface area contributed by atoms with Crippen LogP contribution in [0.2, 0.25) is 0 Å². The molecule has 4 heteroatoms. The number of fused-ring (bicyclic) bond motifs is 1. The number of aromatic nitrogens is 2. The van der Waals surface area contributed by atoms with Gasteiger partial charge >= 0.3 is 0 Å². The molecule has 1 aromatic heterocycles. The molecule has 104 valence electrons. The molecule has 1 aromatic carbocycles. The molecule has 0 aliphatic heterocycles. The van der Waals surface area contributed by atoms with Crippen molar-refractivity contribution in [2.45, 2.75) is 39.6 Å². The van der Waals surface area contributed by atoms with E-state index >= 15 is 0 Å². The van der Waals surface area contributed by atoms with E-state index in [1.807, 2.05) is 25.1 Å². The van der Waals surface area contributed by atoms with Gasteiger partial charge in [0.05, 0.1) is 23.5 Å². The molecular formula is C15H21ClN2O. The summed E-state index contributed by atoms with van der Waals surface area (Å²) in [5.74, 6) is 1.76.